The van der Waals surface area contributed by atoms with Crippen LogP contribution in [-0.2, 0) is 11.3 Å². The Kier molecular flexibility index (Phi) is 5.08. The first-order valence-electron chi connectivity index (χ1n) is 6.49. The Morgan fingerprint density at radius 1 is 1.39 bits per heavy atom. The Labute approximate surface area is 113 Å². The van der Waals surface area contributed by atoms with E-state index in [-0.39, 0.29) is 5.91 Å². The number of hydrogen-bond acceptors (Lipinski definition) is 3. The zero-order valence-electron chi connectivity index (χ0n) is 10.7. The van der Waals surface area contributed by atoms with E-state index in [1.807, 2.05) is 11.8 Å². The van der Waals surface area contributed by atoms with Gasteiger partial charge in [0.05, 0.1) is 0 Å². The molecule has 0 bridgehead atoms. The highest BCUT2D eigenvalue weighted by molar-refractivity contribution is 7.99. The van der Waals surface area contributed by atoms with Gasteiger partial charge in [0, 0.05) is 29.7 Å². The van der Waals surface area contributed by atoms with Crippen molar-refractivity contribution in [1.82, 2.24) is 10.6 Å². The molecule has 1 aromatic carbocycles. The molecule has 1 aromatic rings. The fourth-order valence-corrected chi connectivity index (χ4v) is 2.94. The summed E-state index contributed by atoms with van der Waals surface area (Å²) in [6.07, 6.45) is 1.66. The lowest BCUT2D eigenvalue weighted by molar-refractivity contribution is -0.119. The van der Waals surface area contributed by atoms with Crippen LogP contribution < -0.4 is 10.6 Å². The van der Waals surface area contributed by atoms with Gasteiger partial charge in [-0.2, -0.15) is 0 Å². The lowest BCUT2D eigenvalue weighted by Crippen LogP contribution is -2.27. The fourth-order valence-electron chi connectivity index (χ4n) is 1.97. The van der Waals surface area contributed by atoms with Crippen LogP contribution in [0.4, 0.5) is 0 Å². The number of hydrogen-bond donors (Lipinski definition) is 2. The number of carbonyl (C=O) groups is 1. The SMILES string of the molecule is CCNCc1ccc(SCC2CCC(=O)N2)cc1. The van der Waals surface area contributed by atoms with Crippen LogP contribution in [0.3, 0.4) is 0 Å². The molecule has 98 valence electrons. The molecule has 0 radical (unpaired) electrons. The highest BCUT2D eigenvalue weighted by Gasteiger charge is 2.20. The van der Waals surface area contributed by atoms with Gasteiger partial charge in [-0.1, -0.05) is 19.1 Å². The Balaban J connectivity index is 1.77. The summed E-state index contributed by atoms with van der Waals surface area (Å²) in [5, 5.41) is 6.30. The lowest BCUT2D eigenvalue weighted by Gasteiger charge is -2.09. The Hall–Kier alpha value is -1.00. The molecular weight excluding hydrogens is 244 g/mol. The van der Waals surface area contributed by atoms with Crippen LogP contribution in [0.15, 0.2) is 29.2 Å². The Bertz CT molecular complexity index is 391. The Morgan fingerprint density at radius 2 is 2.17 bits per heavy atom. The molecule has 2 N–H and O–H groups in total. The average molecular weight is 264 g/mol. The maximum atomic E-state index is 11.1. The van der Waals surface area contributed by atoms with Gasteiger partial charge < -0.3 is 10.6 Å². The Morgan fingerprint density at radius 3 is 2.78 bits per heavy atom. The molecule has 1 unspecified atom stereocenters. The average Bonchev–Trinajstić information content (AvgIpc) is 2.81. The first-order chi connectivity index (χ1) is 8.78. The van der Waals surface area contributed by atoms with Gasteiger partial charge in [0.1, 0.15) is 0 Å². The maximum absolute atomic E-state index is 11.1. The van der Waals surface area contributed by atoms with Gasteiger partial charge in [-0.05, 0) is 30.7 Å². The minimum absolute atomic E-state index is 0.196. The highest BCUT2D eigenvalue weighted by atomic mass is 32.2. The van der Waals surface area contributed by atoms with E-state index in [1.54, 1.807) is 0 Å². The summed E-state index contributed by atoms with van der Waals surface area (Å²) in [6, 6.07) is 9.00. The molecule has 1 aliphatic rings. The zero-order valence-corrected chi connectivity index (χ0v) is 11.6. The summed E-state index contributed by atoms with van der Waals surface area (Å²) in [6.45, 7) is 4.04. The molecule has 3 nitrogen and oxygen atoms in total. The van der Waals surface area contributed by atoms with Crippen molar-refractivity contribution in [2.24, 2.45) is 0 Å². The molecule has 0 spiro atoms. The molecule has 0 saturated carbocycles. The van der Waals surface area contributed by atoms with Gasteiger partial charge in [-0.15, -0.1) is 11.8 Å². The molecular formula is C14H20N2OS. The monoisotopic (exact) mass is 264 g/mol. The predicted molar refractivity (Wildman–Crippen MR) is 75.7 cm³/mol. The second-order valence-electron chi connectivity index (χ2n) is 4.54. The maximum Gasteiger partial charge on any atom is 0.220 e. The van der Waals surface area contributed by atoms with E-state index in [2.05, 4.69) is 41.8 Å². The van der Waals surface area contributed by atoms with Crippen LogP contribution >= 0.6 is 11.8 Å². The zero-order chi connectivity index (χ0) is 12.8. The molecule has 0 aliphatic carbocycles. The fraction of sp³-hybridized carbons (Fsp3) is 0.500. The molecule has 1 atom stereocenters. The number of nitrogens with one attached hydrogen (secondary N) is 2. The molecule has 1 heterocycles. The van der Waals surface area contributed by atoms with Crippen molar-refractivity contribution in [3.05, 3.63) is 29.8 Å². The van der Waals surface area contributed by atoms with Gasteiger partial charge in [-0.3, -0.25) is 4.79 Å². The molecule has 1 amide bonds. The smallest absolute Gasteiger partial charge is 0.220 e. The summed E-state index contributed by atoms with van der Waals surface area (Å²) < 4.78 is 0. The molecule has 18 heavy (non-hydrogen) atoms. The third-order valence-corrected chi connectivity index (χ3v) is 4.21. The summed E-state index contributed by atoms with van der Waals surface area (Å²) in [5.41, 5.74) is 1.32. The topological polar surface area (TPSA) is 41.1 Å². The van der Waals surface area contributed by atoms with E-state index in [1.165, 1.54) is 10.5 Å². The first-order valence-corrected chi connectivity index (χ1v) is 7.48. The van der Waals surface area contributed by atoms with Crippen LogP contribution in [-0.4, -0.2) is 24.2 Å². The van der Waals surface area contributed by atoms with Crippen molar-refractivity contribution in [2.75, 3.05) is 12.3 Å². The van der Waals surface area contributed by atoms with Crippen molar-refractivity contribution in [1.29, 1.82) is 0 Å². The van der Waals surface area contributed by atoms with Crippen LogP contribution in [0, 0.1) is 0 Å². The van der Waals surface area contributed by atoms with Crippen LogP contribution in [0.5, 0.6) is 0 Å². The van der Waals surface area contributed by atoms with Gasteiger partial charge >= 0.3 is 0 Å². The summed E-state index contributed by atoms with van der Waals surface area (Å²) in [4.78, 5) is 12.4. The number of benzene rings is 1. The van der Waals surface area contributed by atoms with Crippen LogP contribution in [0.25, 0.3) is 0 Å². The summed E-state index contributed by atoms with van der Waals surface area (Å²) in [7, 11) is 0. The van der Waals surface area contributed by atoms with E-state index in [0.717, 1.165) is 25.3 Å². The van der Waals surface area contributed by atoms with Crippen molar-refractivity contribution < 1.29 is 4.79 Å². The molecule has 1 aliphatic heterocycles. The third-order valence-electron chi connectivity index (χ3n) is 3.04. The number of amides is 1. The molecule has 4 heteroatoms. The number of carbonyl (C=O) groups excluding carboxylic acids is 1. The molecule has 2 rings (SSSR count). The largest absolute Gasteiger partial charge is 0.353 e. The van der Waals surface area contributed by atoms with Crippen molar-refractivity contribution in [2.45, 2.75) is 37.2 Å². The summed E-state index contributed by atoms with van der Waals surface area (Å²) >= 11 is 1.82. The van der Waals surface area contributed by atoms with Crippen LogP contribution in [0.2, 0.25) is 0 Å². The van der Waals surface area contributed by atoms with Crippen molar-refractivity contribution in [3.8, 4) is 0 Å². The van der Waals surface area contributed by atoms with Gasteiger partial charge in [0.2, 0.25) is 5.91 Å². The number of thioether (sulfide) groups is 1. The van der Waals surface area contributed by atoms with Crippen molar-refractivity contribution in [3.63, 3.8) is 0 Å². The quantitative estimate of drug-likeness (QED) is 0.774. The minimum Gasteiger partial charge on any atom is -0.353 e. The van der Waals surface area contributed by atoms with Gasteiger partial charge in [0.25, 0.3) is 0 Å². The van der Waals surface area contributed by atoms with E-state index in [0.29, 0.717) is 12.5 Å². The second kappa shape index (κ2) is 6.81. The predicted octanol–water partition coefficient (Wildman–Crippen LogP) is 2.17. The molecule has 1 fully saturated rings. The minimum atomic E-state index is 0.196. The number of rotatable bonds is 6. The normalized spacial score (nSPS) is 18.9. The first kappa shape index (κ1) is 13.4. The standard InChI is InChI=1S/C14H20N2OS/c1-2-15-9-11-3-6-13(7-4-11)18-10-12-5-8-14(17)16-12/h3-4,6-7,12,15H,2,5,8-10H2,1H3,(H,16,17). The highest BCUT2D eigenvalue weighted by Crippen LogP contribution is 2.22. The summed E-state index contributed by atoms with van der Waals surface area (Å²) in [5.74, 6) is 1.17. The third kappa shape index (κ3) is 4.03. The van der Waals surface area contributed by atoms with Crippen molar-refractivity contribution >= 4 is 17.7 Å². The second-order valence-corrected chi connectivity index (χ2v) is 5.63. The lowest BCUT2D eigenvalue weighted by atomic mass is 10.2. The van der Waals surface area contributed by atoms with Gasteiger partial charge in [0.15, 0.2) is 0 Å². The van der Waals surface area contributed by atoms with E-state index >= 15 is 0 Å². The van der Waals surface area contributed by atoms with Gasteiger partial charge in [-0.25, -0.2) is 0 Å². The van der Waals surface area contributed by atoms with Crippen LogP contribution in [0.1, 0.15) is 25.3 Å². The van der Waals surface area contributed by atoms with E-state index < -0.39 is 0 Å². The van der Waals surface area contributed by atoms with E-state index in [4.69, 9.17) is 0 Å². The van der Waals surface area contributed by atoms with E-state index in [9.17, 15) is 4.79 Å². The molecule has 0 aromatic heterocycles. The molecule has 1 saturated heterocycles.